The number of halogens is 1. The van der Waals surface area contributed by atoms with Gasteiger partial charge < -0.3 is 9.47 Å². The zero-order valence-corrected chi connectivity index (χ0v) is 13.7. The molecule has 0 fully saturated rings. The SMILES string of the molecule is COC1=CC(=O)[C@@]2(Cl)C(=O)c3ccccc3C(=O)[C@@]2(OC(C)=O)C1. The lowest BCUT2D eigenvalue weighted by Crippen LogP contribution is -2.70. The highest BCUT2D eigenvalue weighted by molar-refractivity contribution is 6.55. The van der Waals surface area contributed by atoms with E-state index in [4.69, 9.17) is 21.1 Å². The number of benzene rings is 1. The van der Waals surface area contributed by atoms with E-state index < -0.39 is 33.8 Å². The van der Waals surface area contributed by atoms with Crippen LogP contribution in [0.15, 0.2) is 36.1 Å². The number of ketones is 3. The van der Waals surface area contributed by atoms with Gasteiger partial charge in [-0.25, -0.2) is 0 Å². The Balaban J connectivity index is 2.35. The summed E-state index contributed by atoms with van der Waals surface area (Å²) in [6.07, 6.45) is 0.769. The Morgan fingerprint density at radius 2 is 1.71 bits per heavy atom. The van der Waals surface area contributed by atoms with Gasteiger partial charge in [0.15, 0.2) is 11.6 Å². The molecule has 6 nitrogen and oxygen atoms in total. The first-order chi connectivity index (χ1) is 11.3. The van der Waals surface area contributed by atoms with Gasteiger partial charge >= 0.3 is 5.97 Å². The molecule has 2 aliphatic carbocycles. The molecule has 0 amide bonds. The van der Waals surface area contributed by atoms with Crippen LogP contribution in [-0.4, -0.2) is 40.9 Å². The third-order valence-corrected chi connectivity index (χ3v) is 4.95. The first-order valence-electron chi connectivity index (χ1n) is 7.14. The van der Waals surface area contributed by atoms with E-state index >= 15 is 0 Å². The molecule has 0 bridgehead atoms. The number of Topliss-reactive ketones (excluding diaryl/α,β-unsaturated/α-hetero) is 2. The van der Waals surface area contributed by atoms with Crippen LogP contribution >= 0.6 is 11.6 Å². The molecular formula is C17H13ClO6. The highest BCUT2D eigenvalue weighted by Gasteiger charge is 2.71. The Kier molecular flexibility index (Phi) is 3.60. The summed E-state index contributed by atoms with van der Waals surface area (Å²) in [5.74, 6) is -3.03. The van der Waals surface area contributed by atoms with E-state index in [1.807, 2.05) is 0 Å². The summed E-state index contributed by atoms with van der Waals surface area (Å²) < 4.78 is 10.3. The zero-order valence-electron chi connectivity index (χ0n) is 12.9. The molecule has 0 N–H and O–H groups in total. The van der Waals surface area contributed by atoms with Crippen LogP contribution < -0.4 is 0 Å². The van der Waals surface area contributed by atoms with Crippen LogP contribution in [0.3, 0.4) is 0 Å². The summed E-state index contributed by atoms with van der Waals surface area (Å²) >= 11 is 6.43. The Morgan fingerprint density at radius 1 is 1.12 bits per heavy atom. The monoisotopic (exact) mass is 348 g/mol. The van der Waals surface area contributed by atoms with Gasteiger partial charge in [-0.15, -0.1) is 0 Å². The molecule has 124 valence electrons. The van der Waals surface area contributed by atoms with Gasteiger partial charge in [-0.1, -0.05) is 35.9 Å². The fraction of sp³-hybridized carbons (Fsp3) is 0.294. The molecule has 0 aromatic heterocycles. The minimum absolute atomic E-state index is 0.0305. The highest BCUT2D eigenvalue weighted by atomic mass is 35.5. The number of ether oxygens (including phenoxy) is 2. The van der Waals surface area contributed by atoms with Crippen molar-refractivity contribution in [3.05, 3.63) is 47.2 Å². The molecule has 2 atom stereocenters. The second-order valence-electron chi connectivity index (χ2n) is 5.64. The van der Waals surface area contributed by atoms with Gasteiger partial charge in [-0.05, 0) is 0 Å². The smallest absolute Gasteiger partial charge is 0.303 e. The molecule has 0 radical (unpaired) electrons. The second kappa shape index (κ2) is 5.27. The summed E-state index contributed by atoms with van der Waals surface area (Å²) in [6, 6.07) is 5.99. The summed E-state index contributed by atoms with van der Waals surface area (Å²) in [7, 11) is 1.31. The molecule has 0 heterocycles. The van der Waals surface area contributed by atoms with Crippen LogP contribution in [0.5, 0.6) is 0 Å². The number of methoxy groups -OCH3 is 1. The van der Waals surface area contributed by atoms with Gasteiger partial charge in [0.05, 0.1) is 13.5 Å². The van der Waals surface area contributed by atoms with Gasteiger partial charge in [0.25, 0.3) is 0 Å². The number of fused-ring (bicyclic) bond motifs is 2. The average Bonchev–Trinajstić information content (AvgIpc) is 2.55. The van der Waals surface area contributed by atoms with Crippen LogP contribution in [0.25, 0.3) is 0 Å². The fourth-order valence-electron chi connectivity index (χ4n) is 3.21. The standard InChI is InChI=1S/C17H13ClO6/c1-9(19)24-16-8-10(23-2)7-13(20)17(16,18)15(22)12-6-4-3-5-11(12)14(16)21/h3-7H,8H2,1-2H3/t16-,17+/m0/s1. The summed E-state index contributed by atoms with van der Waals surface area (Å²) in [4.78, 5) is 48.0. The Morgan fingerprint density at radius 3 is 2.25 bits per heavy atom. The van der Waals surface area contributed by atoms with Crippen molar-refractivity contribution in [2.24, 2.45) is 0 Å². The van der Waals surface area contributed by atoms with Crippen molar-refractivity contribution in [1.82, 2.24) is 0 Å². The number of rotatable bonds is 2. The summed E-state index contributed by atoms with van der Waals surface area (Å²) in [6.45, 7) is 1.08. The minimum atomic E-state index is -2.34. The highest BCUT2D eigenvalue weighted by Crippen LogP contribution is 2.50. The lowest BCUT2D eigenvalue weighted by atomic mass is 9.64. The molecule has 0 spiro atoms. The number of carbonyl (C=O) groups is 4. The van der Waals surface area contributed by atoms with Crippen molar-refractivity contribution in [1.29, 1.82) is 0 Å². The second-order valence-corrected chi connectivity index (χ2v) is 6.21. The quantitative estimate of drug-likeness (QED) is 0.460. The maximum absolute atomic E-state index is 13.1. The molecule has 0 saturated heterocycles. The first-order valence-corrected chi connectivity index (χ1v) is 7.52. The molecule has 3 rings (SSSR count). The van der Waals surface area contributed by atoms with Crippen LogP contribution in [0.2, 0.25) is 0 Å². The van der Waals surface area contributed by atoms with E-state index in [1.54, 1.807) is 12.1 Å². The first kappa shape index (κ1) is 16.4. The van der Waals surface area contributed by atoms with Crippen molar-refractivity contribution >= 4 is 34.9 Å². The fourth-order valence-corrected chi connectivity index (χ4v) is 3.55. The van der Waals surface area contributed by atoms with Gasteiger partial charge in [-0.2, -0.15) is 0 Å². The lowest BCUT2D eigenvalue weighted by molar-refractivity contribution is -0.157. The Hall–Kier alpha value is -2.47. The maximum Gasteiger partial charge on any atom is 0.303 e. The van der Waals surface area contributed by atoms with Crippen LogP contribution in [0.4, 0.5) is 0 Å². The van der Waals surface area contributed by atoms with E-state index in [-0.39, 0.29) is 23.3 Å². The van der Waals surface area contributed by atoms with Crippen molar-refractivity contribution < 1.29 is 28.7 Å². The van der Waals surface area contributed by atoms with Crippen molar-refractivity contribution in [2.45, 2.75) is 23.8 Å². The Bertz CT molecular complexity index is 826. The minimum Gasteiger partial charge on any atom is -0.501 e. The van der Waals surface area contributed by atoms with Crippen molar-refractivity contribution in [3.63, 3.8) is 0 Å². The van der Waals surface area contributed by atoms with Crippen LogP contribution in [0.1, 0.15) is 34.1 Å². The third kappa shape index (κ3) is 1.89. The Labute approximate surface area is 142 Å². The zero-order chi connectivity index (χ0) is 17.7. The number of alkyl halides is 1. The molecule has 0 unspecified atom stereocenters. The molecule has 0 saturated carbocycles. The van der Waals surface area contributed by atoms with Gasteiger partial charge in [0, 0.05) is 24.1 Å². The topological polar surface area (TPSA) is 86.7 Å². The number of hydrogen-bond acceptors (Lipinski definition) is 6. The number of hydrogen-bond donors (Lipinski definition) is 0. The maximum atomic E-state index is 13.1. The predicted octanol–water partition coefficient (Wildman–Crippen LogP) is 1.85. The lowest BCUT2D eigenvalue weighted by Gasteiger charge is -2.47. The number of esters is 1. The normalized spacial score (nSPS) is 28.6. The third-order valence-electron chi connectivity index (χ3n) is 4.29. The average molecular weight is 349 g/mol. The molecule has 7 heteroatoms. The van der Waals surface area contributed by atoms with E-state index in [9.17, 15) is 19.2 Å². The molecular weight excluding hydrogens is 336 g/mol. The van der Waals surface area contributed by atoms with Gasteiger partial charge in [-0.3, -0.25) is 19.2 Å². The van der Waals surface area contributed by atoms with Crippen molar-refractivity contribution in [3.8, 4) is 0 Å². The molecule has 0 aliphatic heterocycles. The molecule has 1 aromatic carbocycles. The van der Waals surface area contributed by atoms with Crippen LogP contribution in [-0.2, 0) is 19.1 Å². The van der Waals surface area contributed by atoms with Gasteiger partial charge in [0.2, 0.25) is 16.3 Å². The van der Waals surface area contributed by atoms with Crippen LogP contribution in [0, 0.1) is 0 Å². The largest absolute Gasteiger partial charge is 0.501 e. The summed E-state index contributed by atoms with van der Waals surface area (Å²) in [5, 5.41) is 0. The molecule has 1 aromatic rings. The van der Waals surface area contributed by atoms with E-state index in [0.717, 1.165) is 13.0 Å². The molecule has 24 heavy (non-hydrogen) atoms. The van der Waals surface area contributed by atoms with E-state index in [0.29, 0.717) is 0 Å². The number of allylic oxidation sites excluding steroid dienone is 1. The predicted molar refractivity (Wildman–Crippen MR) is 82.9 cm³/mol. The summed E-state index contributed by atoms with van der Waals surface area (Å²) in [5.41, 5.74) is -2.07. The van der Waals surface area contributed by atoms with Gasteiger partial charge in [0.1, 0.15) is 5.76 Å². The van der Waals surface area contributed by atoms with E-state index in [1.165, 1.54) is 19.2 Å². The molecule has 2 aliphatic rings. The van der Waals surface area contributed by atoms with Crippen molar-refractivity contribution in [2.75, 3.05) is 7.11 Å². The number of carbonyl (C=O) groups excluding carboxylic acids is 4. The van der Waals surface area contributed by atoms with E-state index in [2.05, 4.69) is 0 Å².